The van der Waals surface area contributed by atoms with Crippen LogP contribution in [0.25, 0.3) is 11.5 Å². The van der Waals surface area contributed by atoms with E-state index in [-0.39, 0.29) is 5.91 Å². The third kappa shape index (κ3) is 4.73. The molecular weight excluding hydrogens is 342 g/mol. The number of methoxy groups -OCH3 is 1. The van der Waals surface area contributed by atoms with Crippen LogP contribution < -0.4 is 4.74 Å². The fourth-order valence-electron chi connectivity index (χ4n) is 2.83. The largest absolute Gasteiger partial charge is 0.496 e. The summed E-state index contributed by atoms with van der Waals surface area (Å²) in [5.74, 6) is 1.72. The van der Waals surface area contributed by atoms with Crippen LogP contribution in [-0.2, 0) is 17.8 Å². The highest BCUT2D eigenvalue weighted by atomic mass is 16.5. The van der Waals surface area contributed by atoms with E-state index in [1.807, 2.05) is 55.5 Å². The topological polar surface area (TPSA) is 68.5 Å². The zero-order valence-electron chi connectivity index (χ0n) is 15.8. The van der Waals surface area contributed by atoms with Crippen molar-refractivity contribution in [3.05, 3.63) is 65.5 Å². The SMILES string of the molecule is COc1ccc(C)cc1CN(C)C(=O)CCc1nnc(-c2ccccc2)o1. The van der Waals surface area contributed by atoms with Crippen molar-refractivity contribution < 1.29 is 13.9 Å². The van der Waals surface area contributed by atoms with Crippen LogP contribution in [0.3, 0.4) is 0 Å². The Morgan fingerprint density at radius 3 is 2.67 bits per heavy atom. The Bertz CT molecular complexity index is 906. The molecule has 0 N–H and O–H groups in total. The minimum absolute atomic E-state index is 0.0121. The van der Waals surface area contributed by atoms with Gasteiger partial charge in [-0.3, -0.25) is 4.79 Å². The molecule has 0 spiro atoms. The van der Waals surface area contributed by atoms with Crippen molar-refractivity contribution in [2.24, 2.45) is 0 Å². The van der Waals surface area contributed by atoms with Crippen LogP contribution in [-0.4, -0.2) is 35.2 Å². The van der Waals surface area contributed by atoms with Gasteiger partial charge in [-0.15, -0.1) is 10.2 Å². The van der Waals surface area contributed by atoms with Gasteiger partial charge in [0.15, 0.2) is 0 Å². The molecule has 6 nitrogen and oxygen atoms in total. The Balaban J connectivity index is 1.58. The van der Waals surface area contributed by atoms with Crippen molar-refractivity contribution in [2.75, 3.05) is 14.2 Å². The summed E-state index contributed by atoms with van der Waals surface area (Å²) < 4.78 is 11.0. The summed E-state index contributed by atoms with van der Waals surface area (Å²) in [6.45, 7) is 2.51. The Hall–Kier alpha value is -3.15. The number of nitrogens with zero attached hydrogens (tertiary/aromatic N) is 3. The highest BCUT2D eigenvalue weighted by molar-refractivity contribution is 5.76. The van der Waals surface area contributed by atoms with E-state index in [4.69, 9.17) is 9.15 Å². The normalized spacial score (nSPS) is 10.6. The van der Waals surface area contributed by atoms with Gasteiger partial charge in [0.1, 0.15) is 5.75 Å². The number of aromatic nitrogens is 2. The number of carbonyl (C=O) groups excluding carboxylic acids is 1. The highest BCUT2D eigenvalue weighted by Crippen LogP contribution is 2.22. The van der Waals surface area contributed by atoms with E-state index in [0.29, 0.717) is 31.2 Å². The number of hydrogen-bond acceptors (Lipinski definition) is 5. The molecule has 2 aromatic carbocycles. The maximum atomic E-state index is 12.5. The van der Waals surface area contributed by atoms with Gasteiger partial charge < -0.3 is 14.1 Å². The Morgan fingerprint density at radius 2 is 1.93 bits per heavy atom. The maximum Gasteiger partial charge on any atom is 0.247 e. The lowest BCUT2D eigenvalue weighted by Crippen LogP contribution is -2.26. The zero-order valence-corrected chi connectivity index (χ0v) is 15.8. The van der Waals surface area contributed by atoms with Gasteiger partial charge in [-0.05, 0) is 25.1 Å². The first kappa shape index (κ1) is 18.6. The molecule has 0 radical (unpaired) electrons. The van der Waals surface area contributed by atoms with Crippen molar-refractivity contribution in [2.45, 2.75) is 26.3 Å². The number of rotatable bonds is 7. The fraction of sp³-hybridized carbons (Fsp3) is 0.286. The number of carbonyl (C=O) groups is 1. The molecule has 0 aliphatic carbocycles. The summed E-state index contributed by atoms with van der Waals surface area (Å²) >= 11 is 0. The maximum absolute atomic E-state index is 12.5. The Labute approximate surface area is 158 Å². The first-order chi connectivity index (χ1) is 13.1. The molecule has 3 rings (SSSR count). The summed E-state index contributed by atoms with van der Waals surface area (Å²) in [4.78, 5) is 14.2. The number of ether oxygens (including phenoxy) is 1. The van der Waals surface area contributed by atoms with E-state index in [9.17, 15) is 4.79 Å². The molecule has 0 aliphatic rings. The van der Waals surface area contributed by atoms with E-state index in [0.717, 1.165) is 22.4 Å². The second-order valence-corrected chi connectivity index (χ2v) is 6.43. The third-order valence-corrected chi connectivity index (χ3v) is 4.31. The molecule has 0 fully saturated rings. The van der Waals surface area contributed by atoms with Crippen LogP contribution in [0.1, 0.15) is 23.4 Å². The van der Waals surface area contributed by atoms with E-state index in [1.54, 1.807) is 19.1 Å². The van der Waals surface area contributed by atoms with Gasteiger partial charge in [-0.25, -0.2) is 0 Å². The molecule has 0 unspecified atom stereocenters. The molecule has 0 saturated heterocycles. The Kier molecular flexibility index (Phi) is 5.86. The van der Waals surface area contributed by atoms with Gasteiger partial charge >= 0.3 is 0 Å². The van der Waals surface area contributed by atoms with Crippen LogP contribution in [0.2, 0.25) is 0 Å². The standard InChI is InChI=1S/C21H23N3O3/c1-15-9-10-18(26-3)17(13-15)14-24(2)20(25)12-11-19-22-23-21(27-19)16-7-5-4-6-8-16/h4-10,13H,11-12,14H2,1-3H3. The van der Waals surface area contributed by atoms with Crippen LogP contribution in [0, 0.1) is 6.92 Å². The lowest BCUT2D eigenvalue weighted by Gasteiger charge is -2.19. The molecule has 0 saturated carbocycles. The van der Waals surface area contributed by atoms with Crippen molar-refractivity contribution in [3.8, 4) is 17.2 Å². The van der Waals surface area contributed by atoms with Gasteiger partial charge in [-0.2, -0.15) is 0 Å². The van der Waals surface area contributed by atoms with Crippen molar-refractivity contribution in [3.63, 3.8) is 0 Å². The number of aryl methyl sites for hydroxylation is 2. The lowest BCUT2D eigenvalue weighted by atomic mass is 10.1. The van der Waals surface area contributed by atoms with Gasteiger partial charge in [0.05, 0.1) is 7.11 Å². The summed E-state index contributed by atoms with van der Waals surface area (Å²) in [5.41, 5.74) is 2.98. The van der Waals surface area contributed by atoms with E-state index in [1.165, 1.54) is 0 Å². The van der Waals surface area contributed by atoms with E-state index >= 15 is 0 Å². The second-order valence-electron chi connectivity index (χ2n) is 6.43. The fourth-order valence-corrected chi connectivity index (χ4v) is 2.83. The Morgan fingerprint density at radius 1 is 1.15 bits per heavy atom. The van der Waals surface area contributed by atoms with Crippen LogP contribution in [0.4, 0.5) is 0 Å². The molecular formula is C21H23N3O3. The van der Waals surface area contributed by atoms with Crippen LogP contribution >= 0.6 is 0 Å². The third-order valence-electron chi connectivity index (χ3n) is 4.31. The van der Waals surface area contributed by atoms with Crippen molar-refractivity contribution >= 4 is 5.91 Å². The van der Waals surface area contributed by atoms with Crippen molar-refractivity contribution in [1.82, 2.24) is 15.1 Å². The molecule has 1 heterocycles. The summed E-state index contributed by atoms with van der Waals surface area (Å²) in [6, 6.07) is 15.5. The molecule has 140 valence electrons. The molecule has 1 aromatic heterocycles. The minimum Gasteiger partial charge on any atom is -0.496 e. The molecule has 27 heavy (non-hydrogen) atoms. The van der Waals surface area contributed by atoms with Gasteiger partial charge in [0.2, 0.25) is 17.7 Å². The second kappa shape index (κ2) is 8.49. The van der Waals surface area contributed by atoms with Gasteiger partial charge in [0.25, 0.3) is 0 Å². The summed E-state index contributed by atoms with van der Waals surface area (Å²) in [7, 11) is 3.42. The molecule has 0 atom stereocenters. The van der Waals surface area contributed by atoms with Gasteiger partial charge in [-0.1, -0.05) is 35.9 Å². The molecule has 0 aliphatic heterocycles. The first-order valence-corrected chi connectivity index (χ1v) is 8.82. The van der Waals surface area contributed by atoms with Gasteiger partial charge in [0, 0.05) is 37.6 Å². The zero-order chi connectivity index (χ0) is 19.2. The van der Waals surface area contributed by atoms with E-state index < -0.39 is 0 Å². The van der Waals surface area contributed by atoms with E-state index in [2.05, 4.69) is 10.2 Å². The average molecular weight is 365 g/mol. The molecule has 1 amide bonds. The smallest absolute Gasteiger partial charge is 0.247 e. The first-order valence-electron chi connectivity index (χ1n) is 8.82. The highest BCUT2D eigenvalue weighted by Gasteiger charge is 2.15. The minimum atomic E-state index is 0.0121. The molecule has 3 aromatic rings. The number of benzene rings is 2. The quantitative estimate of drug-likeness (QED) is 0.639. The number of amides is 1. The van der Waals surface area contributed by atoms with Crippen molar-refractivity contribution in [1.29, 1.82) is 0 Å². The lowest BCUT2D eigenvalue weighted by molar-refractivity contribution is -0.130. The summed E-state index contributed by atoms with van der Waals surface area (Å²) in [5, 5.41) is 8.09. The van der Waals surface area contributed by atoms with Crippen LogP contribution in [0.15, 0.2) is 52.9 Å². The van der Waals surface area contributed by atoms with Crippen LogP contribution in [0.5, 0.6) is 5.75 Å². The summed E-state index contributed by atoms with van der Waals surface area (Å²) in [6.07, 6.45) is 0.717. The monoisotopic (exact) mass is 365 g/mol. The predicted octanol–water partition coefficient (Wildman–Crippen LogP) is 3.64. The number of hydrogen-bond donors (Lipinski definition) is 0. The average Bonchev–Trinajstić information content (AvgIpc) is 3.16. The molecule has 0 bridgehead atoms. The predicted molar refractivity (Wildman–Crippen MR) is 102 cm³/mol. The molecule has 6 heteroatoms.